The maximum absolute atomic E-state index is 11.9. The van der Waals surface area contributed by atoms with Crippen LogP contribution in [0.3, 0.4) is 0 Å². The molecule has 25 heavy (non-hydrogen) atoms. The summed E-state index contributed by atoms with van der Waals surface area (Å²) in [5.74, 6) is -0.0857. The minimum Gasteiger partial charge on any atom is -0.431 e. The molecule has 7 nitrogen and oxygen atoms in total. The van der Waals surface area contributed by atoms with Gasteiger partial charge in [-0.25, -0.2) is 4.98 Å². The Labute approximate surface area is 151 Å². The largest absolute Gasteiger partial charge is 0.431 e. The van der Waals surface area contributed by atoms with Crippen LogP contribution in [-0.2, 0) is 11.3 Å². The van der Waals surface area contributed by atoms with Crippen LogP contribution in [0.4, 0.5) is 5.69 Å². The monoisotopic (exact) mass is 377 g/mol. The van der Waals surface area contributed by atoms with Crippen LogP contribution in [0.5, 0.6) is 0 Å². The highest BCUT2D eigenvalue weighted by atomic mass is 35.5. The van der Waals surface area contributed by atoms with Gasteiger partial charge in [0, 0.05) is 23.7 Å². The number of hydrogen-bond donors (Lipinski definition) is 1. The number of oxazole rings is 1. The summed E-state index contributed by atoms with van der Waals surface area (Å²) in [6.45, 7) is 0.332. The lowest BCUT2D eigenvalue weighted by atomic mass is 10.2. The van der Waals surface area contributed by atoms with Gasteiger partial charge in [0.1, 0.15) is 5.52 Å². The van der Waals surface area contributed by atoms with Crippen LogP contribution in [-0.4, -0.2) is 21.6 Å². The normalized spacial score (nSPS) is 10.8. The van der Waals surface area contributed by atoms with Crippen LogP contribution >= 0.6 is 23.4 Å². The Kier molecular flexibility index (Phi) is 5.20. The number of benzene rings is 2. The minimum atomic E-state index is -0.497. The van der Waals surface area contributed by atoms with Crippen molar-refractivity contribution in [3.8, 4) is 0 Å². The molecule has 3 rings (SSSR count). The second kappa shape index (κ2) is 7.54. The van der Waals surface area contributed by atoms with E-state index in [0.717, 1.165) is 17.3 Å². The molecule has 128 valence electrons. The Hall–Kier alpha value is -2.58. The van der Waals surface area contributed by atoms with E-state index in [0.29, 0.717) is 22.7 Å². The van der Waals surface area contributed by atoms with Gasteiger partial charge in [-0.05, 0) is 17.7 Å². The zero-order chi connectivity index (χ0) is 17.8. The van der Waals surface area contributed by atoms with E-state index in [1.165, 1.54) is 18.2 Å². The topological polar surface area (TPSA) is 98.3 Å². The summed E-state index contributed by atoms with van der Waals surface area (Å²) in [5, 5.41) is 14.4. The van der Waals surface area contributed by atoms with Crippen LogP contribution in [0.1, 0.15) is 5.56 Å². The summed E-state index contributed by atoms with van der Waals surface area (Å²) >= 11 is 7.15. The van der Waals surface area contributed by atoms with Gasteiger partial charge in [-0.3, -0.25) is 14.9 Å². The van der Waals surface area contributed by atoms with E-state index in [2.05, 4.69) is 10.3 Å². The van der Waals surface area contributed by atoms with Crippen molar-refractivity contribution in [2.24, 2.45) is 0 Å². The first kappa shape index (κ1) is 17.2. The third kappa shape index (κ3) is 4.28. The number of non-ortho nitro benzene ring substituents is 1. The fourth-order valence-corrected chi connectivity index (χ4v) is 2.95. The van der Waals surface area contributed by atoms with Gasteiger partial charge in [-0.15, -0.1) is 0 Å². The number of rotatable bonds is 6. The first-order valence-electron chi connectivity index (χ1n) is 7.21. The minimum absolute atomic E-state index is 0.0603. The number of nitrogens with one attached hydrogen (secondary N) is 1. The molecule has 0 atom stereocenters. The number of hydrogen-bond acceptors (Lipinski definition) is 6. The first-order chi connectivity index (χ1) is 12.0. The zero-order valence-corrected chi connectivity index (χ0v) is 14.3. The summed E-state index contributed by atoms with van der Waals surface area (Å²) in [7, 11) is 0. The number of nitro groups is 1. The standard InChI is InChI=1S/C16H12ClN3O4S/c17-12-4-2-1-3-10(12)8-18-15(21)9-25-16-19-13-7-11(20(22)23)5-6-14(13)24-16/h1-7H,8-9H2,(H,18,21). The number of carbonyl (C=O) groups excluding carboxylic acids is 1. The van der Waals surface area contributed by atoms with Gasteiger partial charge in [0.2, 0.25) is 5.91 Å². The third-order valence-corrected chi connectivity index (χ3v) is 4.52. The van der Waals surface area contributed by atoms with E-state index in [1.807, 2.05) is 18.2 Å². The molecular formula is C16H12ClN3O4S. The molecule has 0 saturated heterocycles. The highest BCUT2D eigenvalue weighted by Crippen LogP contribution is 2.26. The molecule has 0 saturated carbocycles. The maximum Gasteiger partial charge on any atom is 0.271 e. The van der Waals surface area contributed by atoms with Crippen LogP contribution < -0.4 is 5.32 Å². The van der Waals surface area contributed by atoms with Gasteiger partial charge in [-0.1, -0.05) is 41.6 Å². The molecule has 1 aromatic heterocycles. The molecule has 3 aromatic rings. The molecular weight excluding hydrogens is 366 g/mol. The predicted molar refractivity (Wildman–Crippen MR) is 94.7 cm³/mol. The number of nitro benzene ring substituents is 1. The average Bonchev–Trinajstić information content (AvgIpc) is 3.01. The molecule has 9 heteroatoms. The summed E-state index contributed by atoms with van der Waals surface area (Å²) in [6.07, 6.45) is 0. The van der Waals surface area contributed by atoms with Crippen LogP contribution in [0, 0.1) is 10.1 Å². The van der Waals surface area contributed by atoms with Gasteiger partial charge in [0.25, 0.3) is 10.9 Å². The smallest absolute Gasteiger partial charge is 0.271 e. The highest BCUT2D eigenvalue weighted by molar-refractivity contribution is 7.99. The van der Waals surface area contributed by atoms with E-state index in [1.54, 1.807) is 6.07 Å². The number of nitrogens with zero attached hydrogens (tertiary/aromatic N) is 2. The van der Waals surface area contributed by atoms with E-state index in [-0.39, 0.29) is 22.6 Å². The second-order valence-corrected chi connectivity index (χ2v) is 6.38. The van der Waals surface area contributed by atoms with Crippen LogP contribution in [0.25, 0.3) is 11.1 Å². The number of aromatic nitrogens is 1. The summed E-state index contributed by atoms with van der Waals surface area (Å²) in [6, 6.07) is 11.4. The third-order valence-electron chi connectivity index (χ3n) is 3.32. The number of thioether (sulfide) groups is 1. The Morgan fingerprint density at radius 2 is 2.12 bits per heavy atom. The van der Waals surface area contributed by atoms with Crippen molar-refractivity contribution in [3.05, 3.63) is 63.2 Å². The molecule has 0 aliphatic rings. The number of amides is 1. The maximum atomic E-state index is 11.9. The van der Waals surface area contributed by atoms with Gasteiger partial charge in [0.05, 0.1) is 10.7 Å². The van der Waals surface area contributed by atoms with Crippen molar-refractivity contribution >= 4 is 46.1 Å². The number of fused-ring (bicyclic) bond motifs is 1. The molecule has 1 amide bonds. The molecule has 1 N–H and O–H groups in total. The van der Waals surface area contributed by atoms with E-state index in [4.69, 9.17) is 16.0 Å². The number of halogens is 1. The molecule has 0 aliphatic heterocycles. The fraction of sp³-hybridized carbons (Fsp3) is 0.125. The molecule has 0 fully saturated rings. The van der Waals surface area contributed by atoms with Crippen molar-refractivity contribution in [2.45, 2.75) is 11.8 Å². The average molecular weight is 378 g/mol. The summed E-state index contributed by atoms with van der Waals surface area (Å²) in [5.41, 5.74) is 1.59. The summed E-state index contributed by atoms with van der Waals surface area (Å²) < 4.78 is 5.46. The van der Waals surface area contributed by atoms with Gasteiger partial charge < -0.3 is 9.73 Å². The van der Waals surface area contributed by atoms with Gasteiger partial charge in [0.15, 0.2) is 5.58 Å². The van der Waals surface area contributed by atoms with Crippen molar-refractivity contribution in [1.82, 2.24) is 10.3 Å². The Balaban J connectivity index is 1.57. The molecule has 0 radical (unpaired) electrons. The van der Waals surface area contributed by atoms with E-state index in [9.17, 15) is 14.9 Å². The Morgan fingerprint density at radius 1 is 1.32 bits per heavy atom. The van der Waals surface area contributed by atoms with Crippen molar-refractivity contribution in [3.63, 3.8) is 0 Å². The molecule has 0 aliphatic carbocycles. The van der Waals surface area contributed by atoms with Crippen molar-refractivity contribution in [2.75, 3.05) is 5.75 Å². The Morgan fingerprint density at radius 3 is 2.88 bits per heavy atom. The van der Waals surface area contributed by atoms with Crippen molar-refractivity contribution < 1.29 is 14.1 Å². The first-order valence-corrected chi connectivity index (χ1v) is 8.57. The quantitative estimate of drug-likeness (QED) is 0.398. The molecule has 0 unspecified atom stereocenters. The Bertz CT molecular complexity index is 944. The predicted octanol–water partition coefficient (Wildman–Crippen LogP) is 3.80. The molecule has 2 aromatic carbocycles. The number of carbonyl (C=O) groups is 1. The lowest BCUT2D eigenvalue weighted by Gasteiger charge is -2.05. The van der Waals surface area contributed by atoms with Gasteiger partial charge in [-0.2, -0.15) is 0 Å². The molecule has 1 heterocycles. The zero-order valence-electron chi connectivity index (χ0n) is 12.8. The van der Waals surface area contributed by atoms with Crippen LogP contribution in [0.15, 0.2) is 52.1 Å². The lowest BCUT2D eigenvalue weighted by molar-refractivity contribution is -0.384. The second-order valence-electron chi connectivity index (χ2n) is 5.05. The fourth-order valence-electron chi connectivity index (χ4n) is 2.08. The summed E-state index contributed by atoms with van der Waals surface area (Å²) in [4.78, 5) is 26.3. The lowest BCUT2D eigenvalue weighted by Crippen LogP contribution is -2.24. The van der Waals surface area contributed by atoms with Crippen molar-refractivity contribution in [1.29, 1.82) is 0 Å². The van der Waals surface area contributed by atoms with Gasteiger partial charge >= 0.3 is 0 Å². The van der Waals surface area contributed by atoms with E-state index < -0.39 is 4.92 Å². The SMILES string of the molecule is O=C(CSc1nc2cc([N+](=O)[O-])ccc2o1)NCc1ccccc1Cl. The molecule has 0 bridgehead atoms. The highest BCUT2D eigenvalue weighted by Gasteiger charge is 2.13. The van der Waals surface area contributed by atoms with Crippen LogP contribution in [0.2, 0.25) is 5.02 Å². The molecule has 0 spiro atoms. The van der Waals surface area contributed by atoms with E-state index >= 15 is 0 Å².